The van der Waals surface area contributed by atoms with Crippen molar-refractivity contribution in [3.05, 3.63) is 36.1 Å². The number of rotatable bonds is 4. The van der Waals surface area contributed by atoms with E-state index in [-0.39, 0.29) is 5.82 Å². The Morgan fingerprint density at radius 1 is 1.25 bits per heavy atom. The Morgan fingerprint density at radius 2 is 2.04 bits per heavy atom. The second kappa shape index (κ2) is 7.08. The van der Waals surface area contributed by atoms with Crippen LogP contribution in [0.25, 0.3) is 22.3 Å². The second-order valence-corrected chi connectivity index (χ2v) is 5.33. The Hall–Kier alpha value is -2.96. The normalized spacial score (nSPS) is 12.2. The van der Waals surface area contributed by atoms with Crippen molar-refractivity contribution < 1.29 is 13.9 Å². The zero-order chi connectivity index (χ0) is 16.9. The van der Waals surface area contributed by atoms with Crippen molar-refractivity contribution in [1.82, 2.24) is 15.2 Å². The molecule has 1 aliphatic carbocycles. The number of hydrogen-bond donors (Lipinski definition) is 2. The highest BCUT2D eigenvalue weighted by atomic mass is 19.1. The van der Waals surface area contributed by atoms with Crippen molar-refractivity contribution >= 4 is 23.3 Å². The minimum absolute atomic E-state index is 0.380. The van der Waals surface area contributed by atoms with E-state index in [1.165, 1.54) is 38.5 Å². The van der Waals surface area contributed by atoms with Gasteiger partial charge >= 0.3 is 0 Å². The third-order valence-corrected chi connectivity index (χ3v) is 3.41. The van der Waals surface area contributed by atoms with E-state index in [4.69, 9.17) is 4.74 Å². The highest BCUT2D eigenvalue weighted by Crippen LogP contribution is 2.33. The molecular weight excluding hydrogens is 311 g/mol. The molecule has 0 atom stereocenters. The first-order valence-corrected chi connectivity index (χ1v) is 7.62. The van der Waals surface area contributed by atoms with E-state index in [2.05, 4.69) is 20.5 Å². The first kappa shape index (κ1) is 15.9. The Labute approximate surface area is 138 Å². The van der Waals surface area contributed by atoms with Crippen LogP contribution in [0.2, 0.25) is 0 Å². The fraction of sp³-hybridized carbons (Fsp3) is 0.235. The second-order valence-electron chi connectivity index (χ2n) is 5.33. The molecule has 1 fully saturated rings. The van der Waals surface area contributed by atoms with Crippen LogP contribution in [0.1, 0.15) is 19.3 Å². The minimum Gasteiger partial charge on any atom is -0.496 e. The number of H-pyrrole nitrogens is 1. The maximum Gasteiger partial charge on any atom is 0.212 e. The first-order chi connectivity index (χ1) is 11.7. The molecule has 6 nitrogen and oxygen atoms in total. The number of nitrogens with one attached hydrogen (secondary N) is 2. The smallest absolute Gasteiger partial charge is 0.212 e. The molecule has 3 aromatic rings. The number of ether oxygens (including phenoxy) is 1. The van der Waals surface area contributed by atoms with E-state index in [1.54, 1.807) is 18.2 Å². The average Bonchev–Trinajstić information content (AvgIpc) is 3.42. The number of fused-ring (bicyclic) bond motifs is 1. The lowest BCUT2D eigenvalue weighted by Gasteiger charge is -2.07. The van der Waals surface area contributed by atoms with Gasteiger partial charge in [-0.25, -0.2) is 9.37 Å². The van der Waals surface area contributed by atoms with Gasteiger partial charge in [-0.2, -0.15) is 5.10 Å². The number of amides is 1. The van der Waals surface area contributed by atoms with Crippen LogP contribution >= 0.6 is 0 Å². The summed E-state index contributed by atoms with van der Waals surface area (Å²) >= 11 is 0. The molecule has 24 heavy (non-hydrogen) atoms. The number of benzene rings is 1. The molecule has 2 aromatic heterocycles. The molecule has 2 heterocycles. The molecule has 7 heteroatoms. The number of halogens is 1. The molecule has 1 amide bonds. The van der Waals surface area contributed by atoms with Crippen LogP contribution in [-0.4, -0.2) is 28.7 Å². The van der Waals surface area contributed by atoms with E-state index in [9.17, 15) is 9.18 Å². The summed E-state index contributed by atoms with van der Waals surface area (Å²) in [5, 5.41) is 10.2. The van der Waals surface area contributed by atoms with E-state index < -0.39 is 0 Å². The average molecular weight is 328 g/mol. The largest absolute Gasteiger partial charge is 0.496 e. The molecule has 0 radical (unpaired) electrons. The fourth-order valence-corrected chi connectivity index (χ4v) is 2.12. The van der Waals surface area contributed by atoms with Gasteiger partial charge in [0.05, 0.1) is 12.8 Å². The number of pyridine rings is 1. The van der Waals surface area contributed by atoms with Crippen molar-refractivity contribution in [1.29, 1.82) is 0 Å². The summed E-state index contributed by atoms with van der Waals surface area (Å²) in [5.74, 6) is 0.423. The lowest BCUT2D eigenvalue weighted by molar-refractivity contribution is -0.105. The molecule has 1 saturated carbocycles. The SMILES string of the molecule is C1CC1.COc1cc(F)ccc1-c1[nH]nc2nc(NC=O)ccc12. The summed E-state index contributed by atoms with van der Waals surface area (Å²) in [6, 6.07) is 7.69. The third-order valence-electron chi connectivity index (χ3n) is 3.41. The molecule has 1 aliphatic rings. The molecule has 0 unspecified atom stereocenters. The predicted molar refractivity (Wildman–Crippen MR) is 89.4 cm³/mol. The minimum atomic E-state index is -0.380. The Morgan fingerprint density at radius 3 is 2.71 bits per heavy atom. The first-order valence-electron chi connectivity index (χ1n) is 7.62. The van der Waals surface area contributed by atoms with Crippen molar-refractivity contribution in [2.75, 3.05) is 12.4 Å². The number of nitrogens with zero attached hydrogens (tertiary/aromatic N) is 2. The quantitative estimate of drug-likeness (QED) is 0.718. The third kappa shape index (κ3) is 3.51. The molecule has 124 valence electrons. The molecular formula is C17H17FN4O2. The molecule has 1 aromatic carbocycles. The highest BCUT2D eigenvalue weighted by molar-refractivity contribution is 5.93. The van der Waals surface area contributed by atoms with E-state index in [1.807, 2.05) is 0 Å². The number of anilines is 1. The zero-order valence-electron chi connectivity index (χ0n) is 13.2. The van der Waals surface area contributed by atoms with Crippen LogP contribution in [0.4, 0.5) is 10.2 Å². The topological polar surface area (TPSA) is 79.9 Å². The molecule has 4 rings (SSSR count). The van der Waals surface area contributed by atoms with E-state index in [0.717, 1.165) is 5.39 Å². The van der Waals surface area contributed by atoms with E-state index in [0.29, 0.717) is 34.9 Å². The van der Waals surface area contributed by atoms with Gasteiger partial charge in [-0.3, -0.25) is 9.89 Å². The molecule has 0 spiro atoms. The van der Waals surface area contributed by atoms with Crippen molar-refractivity contribution in [2.45, 2.75) is 19.3 Å². The van der Waals surface area contributed by atoms with Crippen LogP contribution in [0.3, 0.4) is 0 Å². The maximum absolute atomic E-state index is 13.3. The predicted octanol–water partition coefficient (Wildman–Crippen LogP) is 3.51. The van der Waals surface area contributed by atoms with Crippen LogP contribution < -0.4 is 10.1 Å². The maximum atomic E-state index is 13.3. The Balaban J connectivity index is 0.000000508. The Kier molecular flexibility index (Phi) is 4.69. The molecule has 2 N–H and O–H groups in total. The van der Waals surface area contributed by atoms with Crippen LogP contribution in [0, 0.1) is 5.82 Å². The number of carbonyl (C=O) groups is 1. The lowest BCUT2D eigenvalue weighted by Crippen LogP contribution is -1.96. The van der Waals surface area contributed by atoms with Gasteiger partial charge < -0.3 is 10.1 Å². The van der Waals surface area contributed by atoms with Crippen molar-refractivity contribution in [3.63, 3.8) is 0 Å². The summed E-state index contributed by atoms with van der Waals surface area (Å²) in [7, 11) is 1.47. The monoisotopic (exact) mass is 328 g/mol. The van der Waals surface area contributed by atoms with Crippen molar-refractivity contribution in [3.8, 4) is 17.0 Å². The molecule has 0 aliphatic heterocycles. The Bertz CT molecular complexity index is 858. The van der Waals surface area contributed by atoms with Crippen molar-refractivity contribution in [2.24, 2.45) is 0 Å². The number of carbonyl (C=O) groups excluding carboxylic acids is 1. The van der Waals surface area contributed by atoms with Gasteiger partial charge in [0, 0.05) is 17.0 Å². The fourth-order valence-electron chi connectivity index (χ4n) is 2.12. The summed E-state index contributed by atoms with van der Waals surface area (Å²) in [6.45, 7) is 0. The highest BCUT2D eigenvalue weighted by Gasteiger charge is 2.14. The van der Waals surface area contributed by atoms with Gasteiger partial charge in [-0.05, 0) is 24.3 Å². The summed E-state index contributed by atoms with van der Waals surface area (Å²) in [4.78, 5) is 14.6. The summed E-state index contributed by atoms with van der Waals surface area (Å²) < 4.78 is 18.5. The van der Waals surface area contributed by atoms with Crippen LogP contribution in [0.15, 0.2) is 30.3 Å². The van der Waals surface area contributed by atoms with Gasteiger partial charge in [-0.15, -0.1) is 0 Å². The zero-order valence-corrected chi connectivity index (χ0v) is 13.2. The van der Waals surface area contributed by atoms with Crippen LogP contribution in [0.5, 0.6) is 5.75 Å². The number of aromatic amines is 1. The number of aromatic nitrogens is 3. The summed E-state index contributed by atoms with van der Waals surface area (Å²) in [5.41, 5.74) is 1.80. The lowest BCUT2D eigenvalue weighted by atomic mass is 10.1. The summed E-state index contributed by atoms with van der Waals surface area (Å²) in [6.07, 6.45) is 5.05. The molecule has 0 bridgehead atoms. The number of methoxy groups -OCH3 is 1. The van der Waals surface area contributed by atoms with Gasteiger partial charge in [0.15, 0.2) is 5.65 Å². The van der Waals surface area contributed by atoms with Crippen LogP contribution in [-0.2, 0) is 4.79 Å². The van der Waals surface area contributed by atoms with Gasteiger partial charge in [0.1, 0.15) is 17.4 Å². The van der Waals surface area contributed by atoms with E-state index >= 15 is 0 Å². The van der Waals surface area contributed by atoms with Gasteiger partial charge in [0.25, 0.3) is 0 Å². The standard InChI is InChI=1S/C14H11FN4O2.C3H6/c1-21-11-6-8(15)2-3-9(11)13-10-4-5-12(16-7-20)17-14(10)19-18-13;1-2-3-1/h2-7H,1H3,(H2,16,17,18,19,20);1-3H2. The number of hydrogen-bond acceptors (Lipinski definition) is 4. The van der Waals surface area contributed by atoms with Gasteiger partial charge in [0.2, 0.25) is 6.41 Å². The van der Waals surface area contributed by atoms with Gasteiger partial charge in [-0.1, -0.05) is 19.3 Å². The molecule has 0 saturated heterocycles.